The average molecular weight is 685 g/mol. The van der Waals surface area contributed by atoms with Crippen LogP contribution in [-0.4, -0.2) is 14.5 Å². The summed E-state index contributed by atoms with van der Waals surface area (Å²) in [6, 6.07) is 59.5. The Balaban J connectivity index is 1.27. The Bertz CT molecular complexity index is 2880. The van der Waals surface area contributed by atoms with Gasteiger partial charge in [-0.2, -0.15) is 0 Å². The van der Waals surface area contributed by atoms with E-state index in [2.05, 4.69) is 157 Å². The van der Waals surface area contributed by atoms with Crippen LogP contribution in [0, 0.1) is 6.57 Å². The molecule has 2 heteroatoms. The van der Waals surface area contributed by atoms with Crippen molar-refractivity contribution >= 4 is 82.6 Å². The van der Waals surface area contributed by atoms with Crippen LogP contribution in [-0.2, 0) is 0 Å². The van der Waals surface area contributed by atoms with Crippen LogP contribution in [0.15, 0.2) is 164 Å². The molecule has 0 aliphatic heterocycles. The van der Waals surface area contributed by atoms with Gasteiger partial charge in [0.1, 0.15) is 0 Å². The molecule has 1 aromatic heterocycles. The molecule has 0 aliphatic carbocycles. The van der Waals surface area contributed by atoms with Crippen LogP contribution in [0.1, 0.15) is 0 Å². The number of nitrogens with zero attached hydrogens (tertiary/aromatic N) is 1. The third-order valence-electron chi connectivity index (χ3n) is 10.1. The molecule has 0 radical (unpaired) electrons. The van der Waals surface area contributed by atoms with Crippen molar-refractivity contribution in [3.63, 3.8) is 0 Å². The molecule has 0 aliphatic rings. The van der Waals surface area contributed by atoms with Crippen molar-refractivity contribution in [1.29, 1.82) is 0 Å². The molecule has 0 N–H and O–H groups in total. The number of rotatable bonds is 3. The summed E-state index contributed by atoms with van der Waals surface area (Å²) in [6.07, 6.45) is 0. The van der Waals surface area contributed by atoms with Gasteiger partial charge in [0, 0.05) is 0 Å². The molecular formula is C47H27NSe. The second-order valence-electron chi connectivity index (χ2n) is 12.6. The van der Waals surface area contributed by atoms with Gasteiger partial charge in [0.15, 0.2) is 0 Å². The van der Waals surface area contributed by atoms with Crippen molar-refractivity contribution < 1.29 is 0 Å². The molecule has 10 rings (SSSR count). The van der Waals surface area contributed by atoms with Crippen LogP contribution in [0.4, 0.5) is 5.69 Å². The average Bonchev–Trinajstić information content (AvgIpc) is 3.54. The first-order valence-electron chi connectivity index (χ1n) is 16.6. The normalized spacial score (nSPS) is 11.7. The number of benzene rings is 9. The second kappa shape index (κ2) is 11.0. The van der Waals surface area contributed by atoms with Crippen LogP contribution >= 0.6 is 0 Å². The van der Waals surface area contributed by atoms with Crippen LogP contribution < -0.4 is 0 Å². The molecule has 9 aromatic carbocycles. The van der Waals surface area contributed by atoms with Gasteiger partial charge in [-0.3, -0.25) is 0 Å². The van der Waals surface area contributed by atoms with E-state index in [1.54, 1.807) is 0 Å². The predicted octanol–water partition coefficient (Wildman–Crippen LogP) is 13.2. The summed E-state index contributed by atoms with van der Waals surface area (Å²) in [5, 5.41) is 12.1. The summed E-state index contributed by atoms with van der Waals surface area (Å²) in [7, 11) is 0. The van der Waals surface area contributed by atoms with Gasteiger partial charge in [-0.1, -0.05) is 0 Å². The standard InChI is InChI=1S/C47H27NSe/c1-48-47-37-22-11-9-20-35(37)44(36-21-10-12-23-38(36)47)30-26-27-39-42(28-30)49-41-25-13-24-40(46(39)41)45-33-18-7-5-16-31(33)43(29-14-3-2-4-15-29)32-17-6-8-19-34(32)45/h2-28H. The van der Waals surface area contributed by atoms with E-state index in [-0.39, 0.29) is 14.5 Å². The van der Waals surface area contributed by atoms with E-state index in [1.807, 2.05) is 12.1 Å². The van der Waals surface area contributed by atoms with Crippen LogP contribution in [0.5, 0.6) is 0 Å². The van der Waals surface area contributed by atoms with E-state index in [1.165, 1.54) is 74.2 Å². The minimum atomic E-state index is 0.161. The van der Waals surface area contributed by atoms with Gasteiger partial charge in [0.25, 0.3) is 0 Å². The maximum atomic E-state index is 8.03. The Labute approximate surface area is 289 Å². The second-order valence-corrected chi connectivity index (χ2v) is 14.9. The van der Waals surface area contributed by atoms with Crippen molar-refractivity contribution in [2.24, 2.45) is 0 Å². The molecule has 1 heterocycles. The molecular weight excluding hydrogens is 657 g/mol. The molecule has 226 valence electrons. The van der Waals surface area contributed by atoms with E-state index in [0.717, 1.165) is 27.2 Å². The minimum absolute atomic E-state index is 0.161. The Morgan fingerprint density at radius 1 is 0.367 bits per heavy atom. The fourth-order valence-electron chi connectivity index (χ4n) is 8.06. The molecule has 1 nitrogen and oxygen atoms in total. The zero-order valence-corrected chi connectivity index (χ0v) is 28.2. The Kier molecular flexibility index (Phi) is 6.33. The number of hydrogen-bond donors (Lipinski definition) is 0. The molecule has 0 fully saturated rings. The SMILES string of the molecule is [C-]#[N+]c1c2ccccc2c(-c2ccc3c(c2)[se]c2cccc(-c4c5ccccc5c(-c5ccccc5)c5ccccc45)c23)c2ccccc12. The predicted molar refractivity (Wildman–Crippen MR) is 211 cm³/mol. The maximum absolute atomic E-state index is 8.03. The fraction of sp³-hybridized carbons (Fsp3) is 0. The molecule has 10 aromatic rings. The van der Waals surface area contributed by atoms with E-state index in [4.69, 9.17) is 6.57 Å². The molecule has 0 atom stereocenters. The van der Waals surface area contributed by atoms with Gasteiger partial charge in [-0.15, -0.1) is 0 Å². The summed E-state index contributed by atoms with van der Waals surface area (Å²) >= 11 is 0.161. The van der Waals surface area contributed by atoms with Crippen LogP contribution in [0.3, 0.4) is 0 Å². The molecule has 0 amide bonds. The molecule has 0 spiro atoms. The Hall–Kier alpha value is -5.97. The zero-order valence-electron chi connectivity index (χ0n) is 26.4. The van der Waals surface area contributed by atoms with Gasteiger partial charge in [-0.05, 0) is 0 Å². The summed E-state index contributed by atoms with van der Waals surface area (Å²) in [6.45, 7) is 8.03. The van der Waals surface area contributed by atoms with Crippen molar-refractivity contribution in [2.75, 3.05) is 0 Å². The summed E-state index contributed by atoms with van der Waals surface area (Å²) < 4.78 is 2.83. The van der Waals surface area contributed by atoms with Crippen LogP contribution in [0.25, 0.3) is 101 Å². The Morgan fingerprint density at radius 3 is 1.43 bits per heavy atom. The van der Waals surface area contributed by atoms with Crippen LogP contribution in [0.2, 0.25) is 0 Å². The van der Waals surface area contributed by atoms with Gasteiger partial charge in [0.2, 0.25) is 0 Å². The topological polar surface area (TPSA) is 4.36 Å². The quantitative estimate of drug-likeness (QED) is 0.0991. The van der Waals surface area contributed by atoms with Crippen molar-refractivity contribution in [2.45, 2.75) is 0 Å². The van der Waals surface area contributed by atoms with Gasteiger partial charge in [-0.25, -0.2) is 0 Å². The summed E-state index contributed by atoms with van der Waals surface area (Å²) in [4.78, 5) is 4.00. The first kappa shape index (κ1) is 28.1. The van der Waals surface area contributed by atoms with Crippen molar-refractivity contribution in [3.05, 3.63) is 175 Å². The van der Waals surface area contributed by atoms with E-state index in [0.29, 0.717) is 0 Å². The van der Waals surface area contributed by atoms with Gasteiger partial charge in [0.05, 0.1) is 0 Å². The number of fused-ring (bicyclic) bond motifs is 7. The molecule has 49 heavy (non-hydrogen) atoms. The molecule has 0 saturated carbocycles. The van der Waals surface area contributed by atoms with E-state index in [9.17, 15) is 0 Å². The molecule has 0 unspecified atom stereocenters. The van der Waals surface area contributed by atoms with E-state index < -0.39 is 0 Å². The third-order valence-corrected chi connectivity index (χ3v) is 12.4. The van der Waals surface area contributed by atoms with Gasteiger partial charge < -0.3 is 0 Å². The van der Waals surface area contributed by atoms with Crippen molar-refractivity contribution in [3.8, 4) is 33.4 Å². The molecule has 0 bridgehead atoms. The third kappa shape index (κ3) is 4.17. The molecule has 0 saturated heterocycles. The zero-order chi connectivity index (χ0) is 32.5. The fourth-order valence-corrected chi connectivity index (χ4v) is 10.5. The number of hydrogen-bond acceptors (Lipinski definition) is 0. The Morgan fingerprint density at radius 2 is 0.857 bits per heavy atom. The summed E-state index contributed by atoms with van der Waals surface area (Å²) in [5.41, 5.74) is 8.29. The van der Waals surface area contributed by atoms with Gasteiger partial charge >= 0.3 is 291 Å². The monoisotopic (exact) mass is 685 g/mol. The summed E-state index contributed by atoms with van der Waals surface area (Å²) in [5.74, 6) is 0. The van der Waals surface area contributed by atoms with E-state index >= 15 is 0 Å². The first-order valence-corrected chi connectivity index (χ1v) is 18.3. The first-order chi connectivity index (χ1) is 24.3. The van der Waals surface area contributed by atoms with Crippen molar-refractivity contribution in [1.82, 2.24) is 0 Å².